The van der Waals surface area contributed by atoms with Gasteiger partial charge in [-0.05, 0) is 30.9 Å². The molecular formula is C13H17FN2O2S. The lowest BCUT2D eigenvalue weighted by Gasteiger charge is -2.35. The van der Waals surface area contributed by atoms with E-state index in [-0.39, 0.29) is 23.4 Å². The van der Waals surface area contributed by atoms with Crippen LogP contribution in [0.25, 0.3) is 0 Å². The number of hydrogen-bond acceptors (Lipinski definition) is 4. The molecule has 104 valence electrons. The predicted octanol–water partition coefficient (Wildman–Crippen LogP) is 1.23. The van der Waals surface area contributed by atoms with Gasteiger partial charge in [0, 0.05) is 19.1 Å². The van der Waals surface area contributed by atoms with Crippen LogP contribution in [0.5, 0.6) is 0 Å². The smallest absolute Gasteiger partial charge is 0.153 e. The average molecular weight is 284 g/mol. The van der Waals surface area contributed by atoms with Gasteiger partial charge in [-0.2, -0.15) is 0 Å². The second-order valence-electron chi connectivity index (χ2n) is 5.46. The highest BCUT2D eigenvalue weighted by atomic mass is 32.2. The fraction of sp³-hybridized carbons (Fsp3) is 0.615. The molecule has 1 aliphatic carbocycles. The predicted molar refractivity (Wildman–Crippen MR) is 69.8 cm³/mol. The first kappa shape index (κ1) is 13.0. The van der Waals surface area contributed by atoms with Crippen LogP contribution < -0.4 is 0 Å². The quantitative estimate of drug-likeness (QED) is 0.837. The van der Waals surface area contributed by atoms with Crippen molar-refractivity contribution < 1.29 is 12.8 Å². The summed E-state index contributed by atoms with van der Waals surface area (Å²) in [7, 11) is -2.89. The fourth-order valence-electron chi connectivity index (χ4n) is 2.69. The molecule has 2 aliphatic rings. The van der Waals surface area contributed by atoms with Gasteiger partial charge >= 0.3 is 0 Å². The van der Waals surface area contributed by atoms with Crippen LogP contribution in [0.3, 0.4) is 0 Å². The Morgan fingerprint density at radius 3 is 2.79 bits per heavy atom. The number of nitrogens with zero attached hydrogens (tertiary/aromatic N) is 2. The zero-order valence-electron chi connectivity index (χ0n) is 10.6. The van der Waals surface area contributed by atoms with Gasteiger partial charge in [-0.3, -0.25) is 9.88 Å². The molecule has 0 aromatic carbocycles. The van der Waals surface area contributed by atoms with E-state index in [1.165, 1.54) is 12.3 Å². The second-order valence-corrected chi connectivity index (χ2v) is 7.69. The van der Waals surface area contributed by atoms with Crippen LogP contribution >= 0.6 is 0 Å². The molecule has 1 aliphatic heterocycles. The van der Waals surface area contributed by atoms with Crippen molar-refractivity contribution in [2.45, 2.75) is 25.4 Å². The summed E-state index contributed by atoms with van der Waals surface area (Å²) in [5, 5.41) is 0. The molecule has 6 heteroatoms. The van der Waals surface area contributed by atoms with E-state index in [4.69, 9.17) is 0 Å². The van der Waals surface area contributed by atoms with Crippen LogP contribution in [0, 0.1) is 11.7 Å². The molecule has 3 rings (SSSR count). The second kappa shape index (κ2) is 4.83. The third-order valence-corrected chi connectivity index (χ3v) is 5.56. The molecule has 1 aromatic rings. The van der Waals surface area contributed by atoms with E-state index in [1.54, 1.807) is 6.07 Å². The molecule has 0 amide bonds. The maximum atomic E-state index is 12.8. The van der Waals surface area contributed by atoms with Crippen molar-refractivity contribution in [3.05, 3.63) is 29.8 Å². The van der Waals surface area contributed by atoms with E-state index in [1.807, 2.05) is 0 Å². The molecule has 1 unspecified atom stereocenters. The molecule has 0 spiro atoms. The average Bonchev–Trinajstić information content (AvgIpc) is 3.18. The minimum absolute atomic E-state index is 0.116. The largest absolute Gasteiger partial charge is 0.292 e. The number of pyridine rings is 1. The van der Waals surface area contributed by atoms with E-state index in [2.05, 4.69) is 9.88 Å². The zero-order chi connectivity index (χ0) is 13.5. The van der Waals surface area contributed by atoms with Crippen LogP contribution in [-0.4, -0.2) is 42.4 Å². The molecule has 0 radical (unpaired) electrons. The highest BCUT2D eigenvalue weighted by Gasteiger charge is 2.41. The lowest BCUT2D eigenvalue weighted by Crippen LogP contribution is -2.49. The SMILES string of the molecule is O=S1(=O)CCN(Cc2ccc(F)cn2)C(C2CC2)C1. The van der Waals surface area contributed by atoms with Crippen LogP contribution in [0.2, 0.25) is 0 Å². The van der Waals surface area contributed by atoms with Crippen molar-refractivity contribution in [2.24, 2.45) is 5.92 Å². The van der Waals surface area contributed by atoms with Gasteiger partial charge in [-0.15, -0.1) is 0 Å². The summed E-state index contributed by atoms with van der Waals surface area (Å²) in [5.41, 5.74) is 0.798. The lowest BCUT2D eigenvalue weighted by atomic mass is 10.1. The molecule has 4 nitrogen and oxygen atoms in total. The van der Waals surface area contributed by atoms with Crippen LogP contribution in [0.15, 0.2) is 18.3 Å². The summed E-state index contributed by atoms with van der Waals surface area (Å²) in [4.78, 5) is 6.25. The van der Waals surface area contributed by atoms with Crippen molar-refractivity contribution >= 4 is 9.84 Å². The van der Waals surface area contributed by atoms with Gasteiger partial charge in [0.05, 0.1) is 23.4 Å². The Morgan fingerprint density at radius 2 is 2.16 bits per heavy atom. The van der Waals surface area contributed by atoms with Gasteiger partial charge in [0.2, 0.25) is 0 Å². The van der Waals surface area contributed by atoms with E-state index in [0.717, 1.165) is 18.5 Å². The number of rotatable bonds is 3. The third kappa shape index (κ3) is 3.12. The normalized spacial score (nSPS) is 27.3. The monoisotopic (exact) mass is 284 g/mol. The summed E-state index contributed by atoms with van der Waals surface area (Å²) < 4.78 is 36.3. The fourth-order valence-corrected chi connectivity index (χ4v) is 4.37. The maximum Gasteiger partial charge on any atom is 0.153 e. The molecule has 1 aromatic heterocycles. The Morgan fingerprint density at radius 1 is 1.37 bits per heavy atom. The van der Waals surface area contributed by atoms with Crippen molar-refractivity contribution in [1.29, 1.82) is 0 Å². The Kier molecular flexibility index (Phi) is 3.30. The van der Waals surface area contributed by atoms with Crippen molar-refractivity contribution in [3.63, 3.8) is 0 Å². The zero-order valence-corrected chi connectivity index (χ0v) is 11.4. The Bertz CT molecular complexity index is 555. The van der Waals surface area contributed by atoms with Crippen molar-refractivity contribution in [3.8, 4) is 0 Å². The van der Waals surface area contributed by atoms with Gasteiger partial charge in [0.25, 0.3) is 0 Å². The Balaban J connectivity index is 1.73. The summed E-state index contributed by atoms with van der Waals surface area (Å²) in [5.74, 6) is 0.648. The third-order valence-electron chi connectivity index (χ3n) is 3.90. The number of sulfone groups is 1. The molecule has 2 fully saturated rings. The van der Waals surface area contributed by atoms with Crippen LogP contribution in [0.4, 0.5) is 4.39 Å². The molecule has 0 N–H and O–H groups in total. The molecule has 2 heterocycles. The summed E-state index contributed by atoms with van der Waals surface area (Å²) in [6.07, 6.45) is 3.45. The van der Waals surface area contributed by atoms with Gasteiger partial charge in [0.1, 0.15) is 5.82 Å². The van der Waals surface area contributed by atoms with Gasteiger partial charge in [0.15, 0.2) is 9.84 Å². The van der Waals surface area contributed by atoms with E-state index in [9.17, 15) is 12.8 Å². The molecule has 1 atom stereocenters. The minimum Gasteiger partial charge on any atom is -0.292 e. The molecule has 19 heavy (non-hydrogen) atoms. The lowest BCUT2D eigenvalue weighted by molar-refractivity contribution is 0.183. The summed E-state index contributed by atoms with van der Waals surface area (Å²) in [6, 6.07) is 3.18. The molecule has 1 saturated heterocycles. The van der Waals surface area contributed by atoms with Gasteiger partial charge < -0.3 is 0 Å². The van der Waals surface area contributed by atoms with E-state index >= 15 is 0 Å². The number of hydrogen-bond donors (Lipinski definition) is 0. The molecule has 1 saturated carbocycles. The number of halogens is 1. The topological polar surface area (TPSA) is 50.3 Å². The number of aromatic nitrogens is 1. The highest BCUT2D eigenvalue weighted by Crippen LogP contribution is 2.37. The first-order chi connectivity index (χ1) is 9.03. The van der Waals surface area contributed by atoms with E-state index < -0.39 is 9.84 Å². The minimum atomic E-state index is -2.89. The van der Waals surface area contributed by atoms with Crippen LogP contribution in [0.1, 0.15) is 18.5 Å². The van der Waals surface area contributed by atoms with Gasteiger partial charge in [-0.25, -0.2) is 12.8 Å². The van der Waals surface area contributed by atoms with E-state index in [0.29, 0.717) is 19.0 Å². The van der Waals surface area contributed by atoms with Gasteiger partial charge in [-0.1, -0.05) is 0 Å². The molecular weight excluding hydrogens is 267 g/mol. The standard InChI is InChI=1S/C13H17FN2O2S/c14-11-3-4-12(15-7-11)8-16-5-6-19(17,18)9-13(16)10-1-2-10/h3-4,7,10,13H,1-2,5-6,8-9H2. The highest BCUT2D eigenvalue weighted by molar-refractivity contribution is 7.91. The first-order valence-corrected chi connectivity index (χ1v) is 8.40. The van der Waals surface area contributed by atoms with Crippen molar-refractivity contribution in [1.82, 2.24) is 9.88 Å². The first-order valence-electron chi connectivity index (χ1n) is 6.58. The summed E-state index contributed by atoms with van der Waals surface area (Å²) >= 11 is 0. The van der Waals surface area contributed by atoms with Crippen molar-refractivity contribution in [2.75, 3.05) is 18.1 Å². The Hall–Kier alpha value is -1.01. The van der Waals surface area contributed by atoms with Crippen LogP contribution in [-0.2, 0) is 16.4 Å². The molecule has 0 bridgehead atoms. The summed E-state index contributed by atoms with van der Waals surface area (Å²) in [6.45, 7) is 1.17. The Labute approximate surface area is 112 Å². The maximum absolute atomic E-state index is 12.8.